The second kappa shape index (κ2) is 48.0. The molecule has 12 nitrogen and oxygen atoms in total. The zero-order valence-electron chi connectivity index (χ0n) is 54.6. The summed E-state index contributed by atoms with van der Waals surface area (Å²) in [6, 6.07) is 0.901. The molecule has 0 aliphatic heterocycles. The zero-order valence-corrected chi connectivity index (χ0v) is 57.8. The van der Waals surface area contributed by atoms with E-state index in [-0.39, 0.29) is 38.6 Å². The van der Waals surface area contributed by atoms with E-state index in [1.807, 2.05) is 0 Å². The van der Waals surface area contributed by atoms with E-state index in [9.17, 15) is 19.8 Å². The van der Waals surface area contributed by atoms with Crippen molar-refractivity contribution in [1.82, 2.24) is 0 Å². The molecule has 470 valence electrons. The molecule has 2 N–H and O–H groups in total. The molecule has 0 aromatic carbocycles. The number of hydrogen-bond acceptors (Lipinski definition) is 12. The minimum atomic E-state index is -1.87. The number of ether oxygens (including phenoxy) is 5. The highest BCUT2D eigenvalue weighted by molar-refractivity contribution is 6.72. The highest BCUT2D eigenvalue weighted by Gasteiger charge is 2.35. The maximum Gasteiger partial charge on any atom is 0.333 e. The molecule has 0 radical (unpaired) electrons. The summed E-state index contributed by atoms with van der Waals surface area (Å²) in [5.74, 6) is -0.963. The summed E-state index contributed by atoms with van der Waals surface area (Å²) >= 11 is 0. The van der Waals surface area contributed by atoms with Gasteiger partial charge >= 0.3 is 11.9 Å². The van der Waals surface area contributed by atoms with Crippen molar-refractivity contribution in [3.05, 3.63) is 24.3 Å². The van der Waals surface area contributed by atoms with Gasteiger partial charge in [0.15, 0.2) is 22.9 Å². The molecule has 0 heterocycles. The van der Waals surface area contributed by atoms with Gasteiger partial charge in [-0.2, -0.15) is 0 Å². The van der Waals surface area contributed by atoms with Gasteiger partial charge in [-0.25, -0.2) is 9.59 Å². The average Bonchev–Trinajstić information content (AvgIpc) is 3.33. The van der Waals surface area contributed by atoms with E-state index in [0.29, 0.717) is 34.5 Å². The first-order valence-electron chi connectivity index (χ1n) is 31.8. The molecule has 0 fully saturated rings. The molecule has 4 unspecified atom stereocenters. The van der Waals surface area contributed by atoms with Crippen LogP contribution < -0.4 is 0 Å². The highest BCUT2D eigenvalue weighted by Crippen LogP contribution is 2.27. The Bertz CT molecular complexity index is 1440. The predicted molar refractivity (Wildman–Crippen MR) is 339 cm³/mol. The van der Waals surface area contributed by atoms with Crippen LogP contribution in [0.4, 0.5) is 0 Å². The van der Waals surface area contributed by atoms with Crippen molar-refractivity contribution >= 4 is 37.6 Å². The standard InChI is InChI=1S/C47H92O6.C17H38O6Si3/c1-10-11-12-13-16-21-26-32-42(33-31-36-50-39-43(48)40-53-44(49)41(2)3)45(51-37-29-24-19-14-17-22-27-34-46(4,5)6)52-38-30-25-20-15-18-23-28-35-47(7,8)9;1-10-11-24(17(22-25(4,5)6)23-26(7,8)9)21-13-15(18)12-20-16(19)14(2)3/h42-43,45,48H,2,10-40H2,1,3-9H3;15,17-18,24H,2,10-13H2,1,3-9H3. The van der Waals surface area contributed by atoms with Crippen LogP contribution in [-0.2, 0) is 46.6 Å². The van der Waals surface area contributed by atoms with E-state index in [4.69, 9.17) is 37.0 Å². The fourth-order valence-electron chi connectivity index (χ4n) is 8.83. The fourth-order valence-corrected chi connectivity index (χ4v) is 15.7. The first kappa shape index (κ1) is 79.8. The third kappa shape index (κ3) is 55.7. The SMILES string of the molecule is C=C(C)C(=O)OCC(O)COCCCC(CCCCCCCCC)C(OCCCCCCCCCC(C)(C)C)OCCCCCCCCCC(C)(C)C.C=C(C)C(=O)OCC(O)CO[SiH](CCC)C(O[Si](C)(C)C)O[Si](C)(C)C. The van der Waals surface area contributed by atoms with Gasteiger partial charge < -0.3 is 47.2 Å². The number of carbonyl (C=O) groups excluding carboxylic acids is 2. The van der Waals surface area contributed by atoms with E-state index in [0.717, 1.165) is 57.8 Å². The predicted octanol–water partition coefficient (Wildman–Crippen LogP) is 16.9. The van der Waals surface area contributed by atoms with E-state index < -0.39 is 49.8 Å². The van der Waals surface area contributed by atoms with Crippen molar-refractivity contribution < 1.29 is 56.8 Å². The van der Waals surface area contributed by atoms with Crippen molar-refractivity contribution in [3.63, 3.8) is 0 Å². The van der Waals surface area contributed by atoms with Gasteiger partial charge in [0.25, 0.3) is 0 Å². The number of unbranched alkanes of at least 4 members (excludes halogenated alkanes) is 18. The van der Waals surface area contributed by atoms with Crippen molar-refractivity contribution in [3.8, 4) is 0 Å². The fraction of sp³-hybridized carbons (Fsp3) is 0.906. The first-order valence-corrected chi connectivity index (χ1v) is 40.6. The van der Waals surface area contributed by atoms with Crippen molar-refractivity contribution in [2.24, 2.45) is 16.7 Å². The summed E-state index contributed by atoms with van der Waals surface area (Å²) in [6.45, 7) is 43.7. The van der Waals surface area contributed by atoms with Gasteiger partial charge in [-0.15, -0.1) is 0 Å². The lowest BCUT2D eigenvalue weighted by molar-refractivity contribution is -0.177. The molecule has 79 heavy (non-hydrogen) atoms. The van der Waals surface area contributed by atoms with Gasteiger partial charge in [-0.3, -0.25) is 0 Å². The summed E-state index contributed by atoms with van der Waals surface area (Å²) in [5, 5.41) is 20.3. The van der Waals surface area contributed by atoms with Gasteiger partial charge in [0.1, 0.15) is 31.3 Å². The molecule has 0 spiro atoms. The maximum atomic E-state index is 11.6. The third-order valence-electron chi connectivity index (χ3n) is 13.3. The molecule has 15 heteroatoms. The zero-order chi connectivity index (χ0) is 60.2. The van der Waals surface area contributed by atoms with Crippen molar-refractivity contribution in [2.45, 2.75) is 312 Å². The van der Waals surface area contributed by atoms with Crippen LogP contribution in [0, 0.1) is 16.7 Å². The second-order valence-electron chi connectivity index (χ2n) is 27.1. The summed E-state index contributed by atoms with van der Waals surface area (Å²) in [6.07, 6.45) is 31.7. The summed E-state index contributed by atoms with van der Waals surface area (Å²) in [4.78, 5) is 23.1. The van der Waals surface area contributed by atoms with Gasteiger partial charge in [-0.1, -0.05) is 197 Å². The Morgan fingerprint density at radius 1 is 0.494 bits per heavy atom. The topological polar surface area (TPSA) is 148 Å². The van der Waals surface area contributed by atoms with Crippen LogP contribution in [0.5, 0.6) is 0 Å². The molecule has 0 bridgehead atoms. The molecule has 0 saturated carbocycles. The first-order chi connectivity index (χ1) is 37.0. The summed E-state index contributed by atoms with van der Waals surface area (Å²) in [5.41, 5.74) is 1.54. The Morgan fingerprint density at radius 2 is 0.873 bits per heavy atom. The molecular formula is C64H130O12Si3. The molecule has 0 saturated heterocycles. The van der Waals surface area contributed by atoms with E-state index in [2.05, 4.69) is 108 Å². The number of aliphatic hydroxyl groups excluding tert-OH is 2. The van der Waals surface area contributed by atoms with E-state index >= 15 is 0 Å². The number of aliphatic hydroxyl groups is 2. The van der Waals surface area contributed by atoms with Crippen LogP contribution in [0.25, 0.3) is 0 Å². The maximum absolute atomic E-state index is 11.6. The highest BCUT2D eigenvalue weighted by atomic mass is 28.4. The van der Waals surface area contributed by atoms with Crippen LogP contribution in [0.2, 0.25) is 45.3 Å². The van der Waals surface area contributed by atoms with Crippen LogP contribution in [0.15, 0.2) is 24.3 Å². The van der Waals surface area contributed by atoms with Crippen molar-refractivity contribution in [2.75, 3.05) is 46.2 Å². The van der Waals surface area contributed by atoms with E-state index in [1.165, 1.54) is 135 Å². The summed E-state index contributed by atoms with van der Waals surface area (Å²) in [7, 11) is -5.47. The van der Waals surface area contributed by atoms with Gasteiger partial charge in [-0.05, 0) is 115 Å². The lowest BCUT2D eigenvalue weighted by Gasteiger charge is -2.35. The van der Waals surface area contributed by atoms with Gasteiger partial charge in [0.05, 0.1) is 13.2 Å². The lowest BCUT2D eigenvalue weighted by Crippen LogP contribution is -2.50. The Morgan fingerprint density at radius 3 is 1.27 bits per heavy atom. The molecular weight excluding hydrogens is 1040 g/mol. The largest absolute Gasteiger partial charge is 0.460 e. The monoisotopic (exact) mass is 1170 g/mol. The average molecular weight is 1180 g/mol. The third-order valence-corrected chi connectivity index (χ3v) is 18.3. The summed E-state index contributed by atoms with van der Waals surface area (Å²) < 4.78 is 47.7. The molecule has 4 atom stereocenters. The Balaban J connectivity index is 0. The Labute approximate surface area is 491 Å². The van der Waals surface area contributed by atoms with Gasteiger partial charge in [0, 0.05) is 36.9 Å². The van der Waals surface area contributed by atoms with Crippen LogP contribution in [-0.4, -0.2) is 118 Å². The lowest BCUT2D eigenvalue weighted by atomic mass is 9.89. The minimum absolute atomic E-state index is 0.0786. The van der Waals surface area contributed by atoms with Crippen molar-refractivity contribution in [1.29, 1.82) is 0 Å². The molecule has 0 aromatic rings. The number of hydrogen-bond donors (Lipinski definition) is 2. The molecule has 0 aliphatic carbocycles. The minimum Gasteiger partial charge on any atom is -0.460 e. The number of esters is 2. The molecule has 0 rings (SSSR count). The number of rotatable bonds is 51. The van der Waals surface area contributed by atoms with Crippen LogP contribution >= 0.6 is 0 Å². The Hall–Kier alpha value is -1.25. The molecule has 0 amide bonds. The quantitative estimate of drug-likeness (QED) is 0.0196. The number of carbonyl (C=O) groups is 2. The van der Waals surface area contributed by atoms with Crippen LogP contribution in [0.3, 0.4) is 0 Å². The molecule has 0 aliphatic rings. The van der Waals surface area contributed by atoms with Gasteiger partial charge in [0.2, 0.25) is 9.04 Å². The molecule has 0 aromatic heterocycles. The Kier molecular flexibility index (Phi) is 48.5. The normalized spacial score (nSPS) is 14.0. The second-order valence-corrected chi connectivity index (χ2v) is 38.6. The van der Waals surface area contributed by atoms with Crippen LogP contribution in [0.1, 0.15) is 243 Å². The smallest absolute Gasteiger partial charge is 0.333 e. The van der Waals surface area contributed by atoms with E-state index in [1.54, 1.807) is 13.8 Å².